The first kappa shape index (κ1) is 13.2. The summed E-state index contributed by atoms with van der Waals surface area (Å²) in [6.45, 7) is 2.72. The Morgan fingerprint density at radius 2 is 1.83 bits per heavy atom. The molecular weight excluding hydrogens is 164 g/mol. The molecule has 0 bridgehead atoms. The van der Waals surface area contributed by atoms with Crippen molar-refractivity contribution in [1.82, 2.24) is 5.43 Å². The van der Waals surface area contributed by atoms with Gasteiger partial charge in [-0.3, -0.25) is 11.3 Å². The Bertz CT molecular complexity index is 155. The molecule has 0 saturated heterocycles. The van der Waals surface area contributed by atoms with Crippen molar-refractivity contribution in [1.29, 1.82) is 0 Å². The molecule has 0 amide bonds. The van der Waals surface area contributed by atoms with Gasteiger partial charge >= 0.3 is 11.9 Å². The first-order valence-corrected chi connectivity index (χ1v) is 3.07. The molecule has 0 aromatic rings. The molecule has 0 atom stereocenters. The van der Waals surface area contributed by atoms with E-state index in [1.54, 1.807) is 0 Å². The van der Waals surface area contributed by atoms with E-state index in [1.807, 2.05) is 19.1 Å². The van der Waals surface area contributed by atoms with Crippen LogP contribution in [0.15, 0.2) is 12.2 Å². The third-order valence-electron chi connectivity index (χ3n) is 0.654. The van der Waals surface area contributed by atoms with Crippen molar-refractivity contribution >= 4 is 11.9 Å². The van der Waals surface area contributed by atoms with E-state index in [0.717, 1.165) is 6.54 Å². The zero-order chi connectivity index (χ0) is 9.98. The van der Waals surface area contributed by atoms with E-state index in [4.69, 9.17) is 25.6 Å². The van der Waals surface area contributed by atoms with Gasteiger partial charge in [-0.1, -0.05) is 12.2 Å². The van der Waals surface area contributed by atoms with Crippen LogP contribution in [-0.2, 0) is 9.59 Å². The molecule has 6 heteroatoms. The maximum Gasteiger partial charge on any atom is 0.414 e. The molecule has 0 fully saturated rings. The van der Waals surface area contributed by atoms with Crippen LogP contribution < -0.4 is 11.3 Å². The van der Waals surface area contributed by atoms with E-state index in [9.17, 15) is 0 Å². The molecule has 0 heterocycles. The molecular formula is C6H12N2O4. The minimum absolute atomic E-state index is 0.760. The number of nitrogens with one attached hydrogen (secondary N) is 1. The van der Waals surface area contributed by atoms with E-state index in [1.165, 1.54) is 0 Å². The Hall–Kier alpha value is -1.40. The summed E-state index contributed by atoms with van der Waals surface area (Å²) in [5.74, 6) is 1.27. The predicted octanol–water partition coefficient (Wildman–Crippen LogP) is -0.819. The van der Waals surface area contributed by atoms with Gasteiger partial charge in [-0.25, -0.2) is 9.59 Å². The molecule has 0 aromatic heterocycles. The number of carboxylic acids is 2. The Kier molecular flexibility index (Phi) is 10.6. The lowest BCUT2D eigenvalue weighted by Gasteiger charge is -1.82. The standard InChI is InChI=1S/C4H10N2.C2H2O4/c1-2-3-4-6-5;3-1(4)2(5)6/h2-3,6H,4-5H2,1H3;(H,3,4)(H,5,6). The lowest BCUT2D eigenvalue weighted by atomic mass is 10.5. The second-order valence-electron chi connectivity index (χ2n) is 1.59. The maximum absolute atomic E-state index is 9.10. The fraction of sp³-hybridized carbons (Fsp3) is 0.333. The van der Waals surface area contributed by atoms with Gasteiger partial charge in [-0.2, -0.15) is 0 Å². The van der Waals surface area contributed by atoms with Crippen LogP contribution in [0.1, 0.15) is 6.92 Å². The molecule has 0 radical (unpaired) electrons. The van der Waals surface area contributed by atoms with Crippen molar-refractivity contribution in [2.24, 2.45) is 5.84 Å². The maximum atomic E-state index is 9.10. The molecule has 6 nitrogen and oxygen atoms in total. The molecule has 0 rings (SSSR count). The summed E-state index contributed by atoms with van der Waals surface area (Å²) in [5.41, 5.74) is 2.48. The highest BCUT2D eigenvalue weighted by molar-refractivity contribution is 6.27. The molecule has 70 valence electrons. The van der Waals surface area contributed by atoms with Crippen LogP contribution in [0.4, 0.5) is 0 Å². The Morgan fingerprint density at radius 3 is 1.92 bits per heavy atom. The quantitative estimate of drug-likeness (QED) is 0.189. The fourth-order valence-corrected chi connectivity index (χ4v) is 0.186. The summed E-state index contributed by atoms with van der Waals surface area (Å²) in [7, 11) is 0. The van der Waals surface area contributed by atoms with Gasteiger partial charge in [0.05, 0.1) is 0 Å². The monoisotopic (exact) mass is 176 g/mol. The van der Waals surface area contributed by atoms with Gasteiger partial charge in [0, 0.05) is 6.54 Å². The van der Waals surface area contributed by atoms with Crippen molar-refractivity contribution in [3.05, 3.63) is 12.2 Å². The van der Waals surface area contributed by atoms with Crippen molar-refractivity contribution < 1.29 is 19.8 Å². The molecule has 12 heavy (non-hydrogen) atoms. The molecule has 0 aliphatic heterocycles. The second-order valence-corrected chi connectivity index (χ2v) is 1.59. The van der Waals surface area contributed by atoms with Crippen molar-refractivity contribution in [2.75, 3.05) is 6.54 Å². The molecule has 0 aliphatic rings. The van der Waals surface area contributed by atoms with Crippen LogP contribution in [0.25, 0.3) is 0 Å². The number of allylic oxidation sites excluding steroid dienone is 1. The summed E-state index contributed by atoms with van der Waals surface area (Å²) < 4.78 is 0. The van der Waals surface area contributed by atoms with Gasteiger partial charge in [0.2, 0.25) is 0 Å². The predicted molar refractivity (Wildman–Crippen MR) is 42.3 cm³/mol. The highest BCUT2D eigenvalue weighted by Crippen LogP contribution is 1.60. The van der Waals surface area contributed by atoms with Gasteiger partial charge in [-0.15, -0.1) is 0 Å². The molecule has 5 N–H and O–H groups in total. The smallest absolute Gasteiger partial charge is 0.414 e. The Morgan fingerprint density at radius 1 is 1.42 bits per heavy atom. The molecule has 0 saturated carbocycles. The summed E-state index contributed by atoms with van der Waals surface area (Å²) in [6.07, 6.45) is 3.89. The largest absolute Gasteiger partial charge is 0.473 e. The van der Waals surface area contributed by atoms with Crippen LogP contribution >= 0.6 is 0 Å². The lowest BCUT2D eigenvalue weighted by Crippen LogP contribution is -2.21. The molecule has 0 aliphatic carbocycles. The Labute approximate surface area is 69.7 Å². The van der Waals surface area contributed by atoms with Crippen molar-refractivity contribution in [3.63, 3.8) is 0 Å². The van der Waals surface area contributed by atoms with Crippen molar-refractivity contribution in [2.45, 2.75) is 6.92 Å². The number of hydrazine groups is 1. The van der Waals surface area contributed by atoms with Crippen LogP contribution in [0.2, 0.25) is 0 Å². The lowest BCUT2D eigenvalue weighted by molar-refractivity contribution is -0.159. The van der Waals surface area contributed by atoms with Gasteiger partial charge in [0.15, 0.2) is 0 Å². The van der Waals surface area contributed by atoms with E-state index in [-0.39, 0.29) is 0 Å². The summed E-state index contributed by atoms with van der Waals surface area (Å²) in [4.78, 5) is 18.2. The fourth-order valence-electron chi connectivity index (χ4n) is 0.186. The topological polar surface area (TPSA) is 113 Å². The first-order valence-electron chi connectivity index (χ1n) is 3.07. The zero-order valence-electron chi connectivity index (χ0n) is 6.65. The average molecular weight is 176 g/mol. The third-order valence-corrected chi connectivity index (χ3v) is 0.654. The van der Waals surface area contributed by atoms with Gasteiger partial charge in [0.1, 0.15) is 0 Å². The SMILES string of the molecule is CC=CCNN.O=C(O)C(=O)O. The highest BCUT2D eigenvalue weighted by atomic mass is 16.4. The minimum atomic E-state index is -1.82. The summed E-state index contributed by atoms with van der Waals surface area (Å²) >= 11 is 0. The number of hydrogen-bond donors (Lipinski definition) is 4. The van der Waals surface area contributed by atoms with E-state index >= 15 is 0 Å². The Balaban J connectivity index is 0. The zero-order valence-corrected chi connectivity index (χ0v) is 6.65. The number of hydrogen-bond acceptors (Lipinski definition) is 4. The normalized spacial score (nSPS) is 8.83. The molecule has 0 aromatic carbocycles. The third kappa shape index (κ3) is 15.8. The van der Waals surface area contributed by atoms with Crippen LogP contribution in [0.3, 0.4) is 0 Å². The minimum Gasteiger partial charge on any atom is -0.473 e. The van der Waals surface area contributed by atoms with E-state index < -0.39 is 11.9 Å². The number of aliphatic carboxylic acids is 2. The molecule has 0 spiro atoms. The van der Waals surface area contributed by atoms with Crippen molar-refractivity contribution in [3.8, 4) is 0 Å². The van der Waals surface area contributed by atoms with E-state index in [2.05, 4.69) is 5.43 Å². The van der Waals surface area contributed by atoms with E-state index in [0.29, 0.717) is 0 Å². The molecule has 0 unspecified atom stereocenters. The van der Waals surface area contributed by atoms with Crippen LogP contribution in [0.5, 0.6) is 0 Å². The number of carboxylic acid groups (broad SMARTS) is 2. The van der Waals surface area contributed by atoms with Gasteiger partial charge in [-0.05, 0) is 6.92 Å². The first-order chi connectivity index (χ1) is 5.56. The van der Waals surface area contributed by atoms with Gasteiger partial charge in [0.25, 0.3) is 0 Å². The highest BCUT2D eigenvalue weighted by Gasteiger charge is 2.04. The summed E-state index contributed by atoms with van der Waals surface area (Å²) in [6, 6.07) is 0. The summed E-state index contributed by atoms with van der Waals surface area (Å²) in [5, 5.41) is 14.8. The number of nitrogens with two attached hydrogens (primary N) is 1. The van der Waals surface area contributed by atoms with Gasteiger partial charge < -0.3 is 10.2 Å². The second kappa shape index (κ2) is 9.60. The number of carbonyl (C=O) groups is 2. The average Bonchev–Trinajstić information content (AvgIpc) is 2.02. The van der Waals surface area contributed by atoms with Crippen LogP contribution in [-0.4, -0.2) is 28.7 Å². The van der Waals surface area contributed by atoms with Crippen LogP contribution in [0, 0.1) is 0 Å². The number of rotatable bonds is 2.